The third-order valence-electron chi connectivity index (χ3n) is 4.23. The molecular formula is C17H18BrNO4. The smallest absolute Gasteiger partial charge is 0.290 e. The zero-order valence-corrected chi connectivity index (χ0v) is 14.8. The van der Waals surface area contributed by atoms with Crippen LogP contribution in [0.3, 0.4) is 0 Å². The van der Waals surface area contributed by atoms with Gasteiger partial charge in [-0.1, -0.05) is 0 Å². The molecule has 1 aromatic heterocycles. The van der Waals surface area contributed by atoms with Crippen molar-refractivity contribution in [2.45, 2.75) is 19.4 Å². The molecule has 1 aromatic carbocycles. The summed E-state index contributed by atoms with van der Waals surface area (Å²) in [4.78, 5) is 14.5. The molecule has 6 heteroatoms. The molecule has 5 nitrogen and oxygen atoms in total. The minimum atomic E-state index is -0.108. The fourth-order valence-electron chi connectivity index (χ4n) is 2.99. The second kappa shape index (κ2) is 6.28. The van der Waals surface area contributed by atoms with E-state index >= 15 is 0 Å². The van der Waals surface area contributed by atoms with Crippen molar-refractivity contribution in [3.05, 3.63) is 45.8 Å². The zero-order valence-electron chi connectivity index (χ0n) is 13.3. The minimum absolute atomic E-state index is 0.0602. The van der Waals surface area contributed by atoms with Crippen molar-refractivity contribution in [3.63, 3.8) is 0 Å². The number of amides is 1. The van der Waals surface area contributed by atoms with Crippen molar-refractivity contribution in [2.75, 3.05) is 20.8 Å². The lowest BCUT2D eigenvalue weighted by atomic mass is 9.92. The molecule has 0 saturated heterocycles. The number of nitrogens with zero attached hydrogens (tertiary/aromatic N) is 1. The highest BCUT2D eigenvalue weighted by atomic mass is 79.9. The van der Waals surface area contributed by atoms with Crippen LogP contribution in [-0.4, -0.2) is 31.6 Å². The predicted octanol–water partition coefficient (Wildman–Crippen LogP) is 3.82. The average Bonchev–Trinajstić information content (AvgIpc) is 3.00. The maximum atomic E-state index is 12.7. The summed E-state index contributed by atoms with van der Waals surface area (Å²) in [5.74, 6) is 1.62. The van der Waals surface area contributed by atoms with Crippen LogP contribution in [0.25, 0.3) is 0 Å². The lowest BCUT2D eigenvalue weighted by Gasteiger charge is -2.35. The number of hydrogen-bond acceptors (Lipinski definition) is 4. The molecule has 122 valence electrons. The van der Waals surface area contributed by atoms with Gasteiger partial charge in [0, 0.05) is 6.54 Å². The number of carbonyl (C=O) groups excluding carboxylic acids is 1. The van der Waals surface area contributed by atoms with E-state index < -0.39 is 0 Å². The third kappa shape index (κ3) is 2.83. The Morgan fingerprint density at radius 2 is 1.96 bits per heavy atom. The molecule has 2 heterocycles. The molecule has 2 aromatic rings. The number of furan rings is 1. The molecule has 3 rings (SSSR count). The van der Waals surface area contributed by atoms with Crippen molar-refractivity contribution >= 4 is 21.8 Å². The summed E-state index contributed by atoms with van der Waals surface area (Å²) in [5, 5.41) is 0. The monoisotopic (exact) mass is 379 g/mol. The maximum Gasteiger partial charge on any atom is 0.290 e. The predicted molar refractivity (Wildman–Crippen MR) is 89.1 cm³/mol. The molecular weight excluding hydrogens is 362 g/mol. The normalized spacial score (nSPS) is 16.9. The molecule has 1 aliphatic rings. The van der Waals surface area contributed by atoms with Gasteiger partial charge in [0.25, 0.3) is 5.91 Å². The van der Waals surface area contributed by atoms with Gasteiger partial charge in [0.1, 0.15) is 0 Å². The first-order chi connectivity index (χ1) is 11.0. The van der Waals surface area contributed by atoms with Crippen LogP contribution in [0.15, 0.2) is 33.4 Å². The number of fused-ring (bicyclic) bond motifs is 1. The topological polar surface area (TPSA) is 51.9 Å². The highest BCUT2D eigenvalue weighted by molar-refractivity contribution is 9.10. The molecule has 1 aliphatic heterocycles. The summed E-state index contributed by atoms with van der Waals surface area (Å²) in [6.07, 6.45) is 0.771. The molecule has 0 spiro atoms. The second-order valence-corrected chi connectivity index (χ2v) is 6.22. The molecule has 1 amide bonds. The summed E-state index contributed by atoms with van der Waals surface area (Å²) in [6.45, 7) is 2.65. The van der Waals surface area contributed by atoms with Crippen LogP contribution in [0.5, 0.6) is 11.5 Å². The summed E-state index contributed by atoms with van der Waals surface area (Å²) < 4.78 is 16.7. The molecule has 0 aliphatic carbocycles. The number of carbonyl (C=O) groups is 1. The number of hydrogen-bond donors (Lipinski definition) is 0. The Bertz CT molecular complexity index is 740. The van der Waals surface area contributed by atoms with Gasteiger partial charge in [0.05, 0.1) is 20.3 Å². The fraction of sp³-hybridized carbons (Fsp3) is 0.353. The van der Waals surface area contributed by atoms with Gasteiger partial charge in [0.15, 0.2) is 21.9 Å². The molecule has 0 fully saturated rings. The van der Waals surface area contributed by atoms with Gasteiger partial charge in [-0.2, -0.15) is 0 Å². The highest BCUT2D eigenvalue weighted by Crippen LogP contribution is 2.38. The van der Waals surface area contributed by atoms with E-state index in [-0.39, 0.29) is 11.9 Å². The third-order valence-corrected chi connectivity index (χ3v) is 4.66. The van der Waals surface area contributed by atoms with E-state index in [4.69, 9.17) is 13.9 Å². The second-order valence-electron chi connectivity index (χ2n) is 5.43. The molecule has 1 atom stereocenters. The maximum absolute atomic E-state index is 12.7. The van der Waals surface area contributed by atoms with Gasteiger partial charge in [-0.15, -0.1) is 0 Å². The lowest BCUT2D eigenvalue weighted by molar-refractivity contribution is 0.0643. The summed E-state index contributed by atoms with van der Waals surface area (Å²) in [5.41, 5.74) is 2.26. The molecule has 0 bridgehead atoms. The van der Waals surface area contributed by atoms with E-state index in [9.17, 15) is 4.79 Å². The Morgan fingerprint density at radius 1 is 1.26 bits per heavy atom. The van der Waals surface area contributed by atoms with Crippen LogP contribution >= 0.6 is 15.9 Å². The minimum Gasteiger partial charge on any atom is -0.493 e. The van der Waals surface area contributed by atoms with Gasteiger partial charge < -0.3 is 18.8 Å². The lowest BCUT2D eigenvalue weighted by Crippen LogP contribution is -2.38. The number of methoxy groups -OCH3 is 2. The van der Waals surface area contributed by atoms with E-state index in [1.807, 2.05) is 24.0 Å². The molecule has 23 heavy (non-hydrogen) atoms. The van der Waals surface area contributed by atoms with E-state index in [1.165, 1.54) is 5.56 Å². The number of benzene rings is 1. The van der Waals surface area contributed by atoms with Crippen LogP contribution < -0.4 is 9.47 Å². The van der Waals surface area contributed by atoms with E-state index in [1.54, 1.807) is 26.4 Å². The van der Waals surface area contributed by atoms with Crippen LogP contribution in [0.4, 0.5) is 0 Å². The first-order valence-corrected chi connectivity index (χ1v) is 8.15. The quantitative estimate of drug-likeness (QED) is 0.813. The number of halogens is 1. The van der Waals surface area contributed by atoms with Gasteiger partial charge in [0.2, 0.25) is 0 Å². The van der Waals surface area contributed by atoms with Gasteiger partial charge in [-0.3, -0.25) is 4.79 Å². The summed E-state index contributed by atoms with van der Waals surface area (Å²) in [6, 6.07) is 7.30. The van der Waals surface area contributed by atoms with Crippen LogP contribution in [0, 0.1) is 0 Å². The van der Waals surface area contributed by atoms with E-state index in [2.05, 4.69) is 15.9 Å². The van der Waals surface area contributed by atoms with Gasteiger partial charge >= 0.3 is 0 Å². The Kier molecular flexibility index (Phi) is 4.35. The molecule has 0 N–H and O–H groups in total. The molecule has 0 saturated carbocycles. The number of ether oxygens (including phenoxy) is 2. The molecule has 0 unspecified atom stereocenters. The summed E-state index contributed by atoms with van der Waals surface area (Å²) in [7, 11) is 3.24. The largest absolute Gasteiger partial charge is 0.493 e. The van der Waals surface area contributed by atoms with Crippen LogP contribution in [0.1, 0.15) is 34.6 Å². The van der Waals surface area contributed by atoms with Gasteiger partial charge in [-0.05, 0) is 64.7 Å². The Balaban J connectivity index is 1.93. The average molecular weight is 380 g/mol. The SMILES string of the molecule is COc1cc2c(cc1OC)[C@H](C)N(C(=O)c1ccc(Br)o1)CC2. The first kappa shape index (κ1) is 15.9. The van der Waals surface area contributed by atoms with Crippen molar-refractivity contribution in [1.29, 1.82) is 0 Å². The van der Waals surface area contributed by atoms with Crippen molar-refractivity contribution in [3.8, 4) is 11.5 Å². The van der Waals surface area contributed by atoms with Gasteiger partial charge in [-0.25, -0.2) is 0 Å². The Labute approximate surface area is 143 Å². The molecule has 0 radical (unpaired) electrons. The Morgan fingerprint density at radius 3 is 2.57 bits per heavy atom. The van der Waals surface area contributed by atoms with Crippen molar-refractivity contribution < 1.29 is 18.7 Å². The highest BCUT2D eigenvalue weighted by Gasteiger charge is 2.31. The zero-order chi connectivity index (χ0) is 16.6. The van der Waals surface area contributed by atoms with Crippen LogP contribution in [-0.2, 0) is 6.42 Å². The van der Waals surface area contributed by atoms with E-state index in [0.29, 0.717) is 28.5 Å². The Hall–Kier alpha value is -1.95. The number of rotatable bonds is 3. The first-order valence-electron chi connectivity index (χ1n) is 7.36. The standard InChI is InChI=1S/C17H18BrNO4/c1-10-12-9-15(22-3)14(21-2)8-11(12)6-7-19(10)17(20)13-4-5-16(18)23-13/h4-5,8-10H,6-7H2,1-3H3/t10-/m0/s1. The fourth-order valence-corrected chi connectivity index (χ4v) is 3.30. The van der Waals surface area contributed by atoms with Crippen molar-refractivity contribution in [1.82, 2.24) is 4.90 Å². The summed E-state index contributed by atoms with van der Waals surface area (Å²) >= 11 is 3.23. The van der Waals surface area contributed by atoms with Crippen molar-refractivity contribution in [2.24, 2.45) is 0 Å². The van der Waals surface area contributed by atoms with E-state index in [0.717, 1.165) is 12.0 Å². The van der Waals surface area contributed by atoms with Crippen LogP contribution in [0.2, 0.25) is 0 Å².